The van der Waals surface area contributed by atoms with E-state index in [4.69, 9.17) is 22.1 Å². The van der Waals surface area contributed by atoms with Gasteiger partial charge < -0.3 is 10.5 Å². The molecule has 1 unspecified atom stereocenters. The number of halogens is 1. The van der Waals surface area contributed by atoms with Crippen molar-refractivity contribution in [1.82, 2.24) is 0 Å². The zero-order valence-corrected chi connectivity index (χ0v) is 10.8. The Hall–Kier alpha value is -0.870. The van der Waals surface area contributed by atoms with Crippen LogP contribution in [0.25, 0.3) is 0 Å². The van der Waals surface area contributed by atoms with Gasteiger partial charge in [-0.1, -0.05) is 11.6 Å². The lowest BCUT2D eigenvalue weighted by Gasteiger charge is -2.11. The standard InChI is InChI=1S/C11H14ClNO2S/c1-3-15-11(14)7(2)16-10-6-8(12)4-5-9(10)13/h4-7H,3,13H2,1-2H3. The van der Waals surface area contributed by atoms with Gasteiger partial charge in [-0.3, -0.25) is 4.79 Å². The molecule has 1 aromatic rings. The molecule has 0 radical (unpaired) electrons. The first-order valence-electron chi connectivity index (χ1n) is 4.93. The van der Waals surface area contributed by atoms with Gasteiger partial charge in [0, 0.05) is 15.6 Å². The van der Waals surface area contributed by atoms with Crippen molar-refractivity contribution in [2.24, 2.45) is 0 Å². The second kappa shape index (κ2) is 6.01. The van der Waals surface area contributed by atoms with E-state index in [0.717, 1.165) is 4.90 Å². The van der Waals surface area contributed by atoms with Gasteiger partial charge in [0.1, 0.15) is 5.25 Å². The molecule has 3 nitrogen and oxygen atoms in total. The van der Waals surface area contributed by atoms with Crippen molar-refractivity contribution in [2.75, 3.05) is 12.3 Å². The molecule has 0 aliphatic heterocycles. The lowest BCUT2D eigenvalue weighted by molar-refractivity contribution is -0.142. The Morgan fingerprint density at radius 2 is 2.31 bits per heavy atom. The highest BCUT2D eigenvalue weighted by Gasteiger charge is 2.16. The van der Waals surface area contributed by atoms with E-state index in [-0.39, 0.29) is 11.2 Å². The molecule has 0 bridgehead atoms. The maximum absolute atomic E-state index is 11.4. The van der Waals surface area contributed by atoms with Crippen molar-refractivity contribution in [3.8, 4) is 0 Å². The molecule has 1 atom stereocenters. The first-order chi connectivity index (χ1) is 7.54. The predicted molar refractivity (Wildman–Crippen MR) is 67.8 cm³/mol. The third-order valence-electron chi connectivity index (χ3n) is 1.90. The van der Waals surface area contributed by atoms with Crippen LogP contribution in [0.5, 0.6) is 0 Å². The SMILES string of the molecule is CCOC(=O)C(C)Sc1cc(Cl)ccc1N. The molecule has 1 rings (SSSR count). The van der Waals surface area contributed by atoms with Crippen LogP contribution in [0.2, 0.25) is 5.02 Å². The molecule has 0 amide bonds. The van der Waals surface area contributed by atoms with Crippen molar-refractivity contribution >= 4 is 35.0 Å². The maximum atomic E-state index is 11.4. The summed E-state index contributed by atoms with van der Waals surface area (Å²) in [4.78, 5) is 12.2. The van der Waals surface area contributed by atoms with Gasteiger partial charge in [0.15, 0.2) is 0 Å². The summed E-state index contributed by atoms with van der Waals surface area (Å²) in [5.41, 5.74) is 6.40. The Balaban J connectivity index is 2.72. The summed E-state index contributed by atoms with van der Waals surface area (Å²) in [6, 6.07) is 5.19. The zero-order valence-electron chi connectivity index (χ0n) is 9.20. The van der Waals surface area contributed by atoms with Crippen molar-refractivity contribution in [1.29, 1.82) is 0 Å². The number of hydrogen-bond donors (Lipinski definition) is 1. The largest absolute Gasteiger partial charge is 0.465 e. The molecule has 0 aromatic heterocycles. The Labute approximate surface area is 104 Å². The first-order valence-corrected chi connectivity index (χ1v) is 6.18. The summed E-state index contributed by atoms with van der Waals surface area (Å²) in [7, 11) is 0. The van der Waals surface area contributed by atoms with Gasteiger partial charge in [-0.2, -0.15) is 0 Å². The zero-order chi connectivity index (χ0) is 12.1. The summed E-state index contributed by atoms with van der Waals surface area (Å²) in [6.07, 6.45) is 0. The molecule has 0 heterocycles. The van der Waals surface area contributed by atoms with E-state index < -0.39 is 0 Å². The summed E-state index contributed by atoms with van der Waals surface area (Å²) in [6.45, 7) is 3.95. The first kappa shape index (κ1) is 13.2. The lowest BCUT2D eigenvalue weighted by atomic mass is 10.3. The van der Waals surface area contributed by atoms with E-state index >= 15 is 0 Å². The number of benzene rings is 1. The Morgan fingerprint density at radius 1 is 1.62 bits per heavy atom. The minimum atomic E-state index is -0.291. The van der Waals surface area contributed by atoms with Crippen LogP contribution in [0.15, 0.2) is 23.1 Å². The van der Waals surface area contributed by atoms with E-state index in [1.165, 1.54) is 11.8 Å². The molecule has 0 saturated carbocycles. The van der Waals surface area contributed by atoms with Crippen LogP contribution in [0.4, 0.5) is 5.69 Å². The van der Waals surface area contributed by atoms with Gasteiger partial charge in [-0.15, -0.1) is 11.8 Å². The Kier molecular flexibility index (Phi) is 4.96. The number of carbonyl (C=O) groups is 1. The smallest absolute Gasteiger partial charge is 0.319 e. The van der Waals surface area contributed by atoms with Crippen molar-refractivity contribution in [3.63, 3.8) is 0 Å². The fourth-order valence-corrected chi connectivity index (χ4v) is 2.29. The van der Waals surface area contributed by atoms with E-state index in [2.05, 4.69) is 0 Å². The highest BCUT2D eigenvalue weighted by molar-refractivity contribution is 8.00. The molecule has 5 heteroatoms. The molecule has 0 fully saturated rings. The van der Waals surface area contributed by atoms with Gasteiger partial charge in [0.2, 0.25) is 0 Å². The summed E-state index contributed by atoms with van der Waals surface area (Å²) in [5.74, 6) is -0.244. The van der Waals surface area contributed by atoms with Gasteiger partial charge in [-0.25, -0.2) is 0 Å². The second-order valence-electron chi connectivity index (χ2n) is 3.19. The molecule has 88 valence electrons. The van der Waals surface area contributed by atoms with Crippen molar-refractivity contribution < 1.29 is 9.53 Å². The third kappa shape index (κ3) is 3.61. The molecule has 0 aliphatic rings. The van der Waals surface area contributed by atoms with E-state index in [1.807, 2.05) is 0 Å². The average Bonchev–Trinajstić information content (AvgIpc) is 2.23. The lowest BCUT2D eigenvalue weighted by Crippen LogP contribution is -2.16. The minimum absolute atomic E-state index is 0.244. The Bertz CT molecular complexity index is 384. The molecule has 0 saturated heterocycles. The maximum Gasteiger partial charge on any atom is 0.319 e. The molecule has 0 spiro atoms. The van der Waals surface area contributed by atoms with Crippen LogP contribution >= 0.6 is 23.4 Å². The molecule has 16 heavy (non-hydrogen) atoms. The number of nitrogens with two attached hydrogens (primary N) is 1. The van der Waals surface area contributed by atoms with Crippen LogP contribution < -0.4 is 5.73 Å². The normalized spacial score (nSPS) is 12.2. The quantitative estimate of drug-likeness (QED) is 0.513. The number of esters is 1. The van der Waals surface area contributed by atoms with E-state index in [0.29, 0.717) is 17.3 Å². The monoisotopic (exact) mass is 259 g/mol. The number of hydrogen-bond acceptors (Lipinski definition) is 4. The molecular weight excluding hydrogens is 246 g/mol. The number of nitrogen functional groups attached to an aromatic ring is 1. The van der Waals surface area contributed by atoms with Crippen LogP contribution in [0.3, 0.4) is 0 Å². The number of ether oxygens (including phenoxy) is 1. The summed E-state index contributed by atoms with van der Waals surface area (Å²) < 4.78 is 4.91. The fourth-order valence-electron chi connectivity index (χ4n) is 1.11. The van der Waals surface area contributed by atoms with Crippen LogP contribution in [0.1, 0.15) is 13.8 Å². The number of rotatable bonds is 4. The highest BCUT2D eigenvalue weighted by Crippen LogP contribution is 2.31. The second-order valence-corrected chi connectivity index (χ2v) is 5.01. The van der Waals surface area contributed by atoms with Crippen molar-refractivity contribution in [2.45, 2.75) is 24.0 Å². The van der Waals surface area contributed by atoms with Crippen LogP contribution in [0, 0.1) is 0 Å². The van der Waals surface area contributed by atoms with Crippen LogP contribution in [-0.2, 0) is 9.53 Å². The van der Waals surface area contributed by atoms with E-state index in [1.54, 1.807) is 32.0 Å². The molecule has 1 aromatic carbocycles. The van der Waals surface area contributed by atoms with E-state index in [9.17, 15) is 4.79 Å². The number of thioether (sulfide) groups is 1. The van der Waals surface area contributed by atoms with Crippen molar-refractivity contribution in [3.05, 3.63) is 23.2 Å². The number of carbonyl (C=O) groups excluding carboxylic acids is 1. The molecule has 2 N–H and O–H groups in total. The minimum Gasteiger partial charge on any atom is -0.465 e. The third-order valence-corrected chi connectivity index (χ3v) is 3.29. The summed E-state index contributed by atoms with van der Waals surface area (Å²) >= 11 is 7.20. The van der Waals surface area contributed by atoms with Gasteiger partial charge >= 0.3 is 5.97 Å². The average molecular weight is 260 g/mol. The molecular formula is C11H14ClNO2S. The fraction of sp³-hybridized carbons (Fsp3) is 0.364. The van der Waals surface area contributed by atoms with Gasteiger partial charge in [0.05, 0.1) is 6.61 Å². The predicted octanol–water partition coefficient (Wildman–Crippen LogP) is 2.97. The van der Waals surface area contributed by atoms with Gasteiger partial charge in [-0.05, 0) is 32.0 Å². The topological polar surface area (TPSA) is 52.3 Å². The van der Waals surface area contributed by atoms with Crippen LogP contribution in [-0.4, -0.2) is 17.8 Å². The van der Waals surface area contributed by atoms with Gasteiger partial charge in [0.25, 0.3) is 0 Å². The summed E-state index contributed by atoms with van der Waals surface area (Å²) in [5, 5.41) is 0.313. The number of anilines is 1. The molecule has 0 aliphatic carbocycles. The highest BCUT2D eigenvalue weighted by atomic mass is 35.5. The Morgan fingerprint density at radius 3 is 2.94 bits per heavy atom.